The number of benzene rings is 3. The summed E-state index contributed by atoms with van der Waals surface area (Å²) in [6.45, 7) is 0.251. The zero-order chi connectivity index (χ0) is 20.7. The van der Waals surface area contributed by atoms with E-state index < -0.39 is 0 Å². The van der Waals surface area contributed by atoms with Crippen LogP contribution in [0.3, 0.4) is 0 Å². The molecule has 0 N–H and O–H groups in total. The van der Waals surface area contributed by atoms with Crippen molar-refractivity contribution in [2.45, 2.75) is 6.42 Å². The Morgan fingerprint density at radius 3 is 2.17 bits per heavy atom. The van der Waals surface area contributed by atoms with Gasteiger partial charge in [-0.25, -0.2) is 9.37 Å². The molecule has 0 bridgehead atoms. The summed E-state index contributed by atoms with van der Waals surface area (Å²) in [6.07, 6.45) is 0.454. The Morgan fingerprint density at radius 2 is 1.47 bits per heavy atom. The van der Waals surface area contributed by atoms with E-state index in [2.05, 4.69) is 0 Å². The van der Waals surface area contributed by atoms with Crippen LogP contribution in [0.4, 0.5) is 4.39 Å². The molecule has 3 aromatic carbocycles. The molecular weight excluding hydrogens is 379 g/mol. The van der Waals surface area contributed by atoms with Crippen LogP contribution in [0.2, 0.25) is 0 Å². The number of halogens is 1. The van der Waals surface area contributed by atoms with E-state index in [0.717, 1.165) is 22.2 Å². The lowest BCUT2D eigenvalue weighted by atomic mass is 10.0. The first-order valence-corrected chi connectivity index (χ1v) is 9.71. The predicted molar refractivity (Wildman–Crippen MR) is 113 cm³/mol. The van der Waals surface area contributed by atoms with Crippen LogP contribution in [0, 0.1) is 5.82 Å². The minimum Gasteiger partial charge on any atom is -0.274 e. The Bertz CT molecular complexity index is 1270. The lowest BCUT2D eigenvalue weighted by Crippen LogP contribution is -2.31. The monoisotopic (exact) mass is 396 g/mol. The molecule has 0 atom stereocenters. The van der Waals surface area contributed by atoms with Crippen molar-refractivity contribution in [2.24, 2.45) is 0 Å². The predicted octanol–water partition coefficient (Wildman–Crippen LogP) is 4.88. The van der Waals surface area contributed by atoms with E-state index in [4.69, 9.17) is 4.98 Å². The summed E-state index contributed by atoms with van der Waals surface area (Å²) in [5, 5.41) is 0.813. The van der Waals surface area contributed by atoms with Crippen LogP contribution in [-0.2, 0) is 6.42 Å². The number of aromatic nitrogens is 1. The molecule has 0 saturated carbocycles. The highest BCUT2D eigenvalue weighted by atomic mass is 19.1. The summed E-state index contributed by atoms with van der Waals surface area (Å²) in [7, 11) is 0. The highest BCUT2D eigenvalue weighted by molar-refractivity contribution is 6.21. The van der Waals surface area contributed by atoms with Crippen molar-refractivity contribution in [1.82, 2.24) is 9.88 Å². The van der Waals surface area contributed by atoms with Gasteiger partial charge in [0.05, 0.1) is 22.3 Å². The number of amides is 2. The van der Waals surface area contributed by atoms with Gasteiger partial charge in [-0.05, 0) is 42.3 Å². The highest BCUT2D eigenvalue weighted by Crippen LogP contribution is 2.28. The minimum atomic E-state index is -0.340. The first-order chi connectivity index (χ1) is 14.6. The van der Waals surface area contributed by atoms with Gasteiger partial charge >= 0.3 is 0 Å². The molecule has 0 unspecified atom stereocenters. The fourth-order valence-electron chi connectivity index (χ4n) is 3.90. The fourth-order valence-corrected chi connectivity index (χ4v) is 3.90. The van der Waals surface area contributed by atoms with Gasteiger partial charge in [-0.3, -0.25) is 14.5 Å². The molecule has 146 valence electrons. The molecule has 1 aromatic heterocycles. The van der Waals surface area contributed by atoms with Crippen molar-refractivity contribution in [3.05, 3.63) is 101 Å². The maximum Gasteiger partial charge on any atom is 0.261 e. The Hall–Kier alpha value is -3.86. The third kappa shape index (κ3) is 3.05. The van der Waals surface area contributed by atoms with Crippen molar-refractivity contribution < 1.29 is 14.0 Å². The van der Waals surface area contributed by atoms with Gasteiger partial charge in [-0.2, -0.15) is 0 Å². The Labute approximate surface area is 172 Å². The highest BCUT2D eigenvalue weighted by Gasteiger charge is 2.34. The zero-order valence-electron chi connectivity index (χ0n) is 16.0. The van der Waals surface area contributed by atoms with Crippen LogP contribution in [-0.4, -0.2) is 28.2 Å². The molecule has 30 heavy (non-hydrogen) atoms. The van der Waals surface area contributed by atoms with Crippen molar-refractivity contribution in [1.29, 1.82) is 0 Å². The SMILES string of the molecule is O=C1c2ccccc2C(=O)N1CCc1cc2ccc(F)cc2nc1-c1ccccc1. The smallest absolute Gasteiger partial charge is 0.261 e. The number of nitrogens with zero attached hydrogens (tertiary/aromatic N) is 2. The molecule has 2 amide bonds. The van der Waals surface area contributed by atoms with Gasteiger partial charge < -0.3 is 0 Å². The molecule has 0 radical (unpaired) electrons. The van der Waals surface area contributed by atoms with Gasteiger partial charge in [-0.1, -0.05) is 42.5 Å². The van der Waals surface area contributed by atoms with Crippen LogP contribution in [0.15, 0.2) is 78.9 Å². The first kappa shape index (κ1) is 18.2. The molecule has 5 heteroatoms. The van der Waals surface area contributed by atoms with Crippen molar-refractivity contribution in [3.63, 3.8) is 0 Å². The van der Waals surface area contributed by atoms with Gasteiger partial charge in [-0.15, -0.1) is 0 Å². The number of hydrogen-bond acceptors (Lipinski definition) is 3. The standard InChI is InChI=1S/C25H17FN2O2/c26-19-11-10-17-14-18(23(27-22(17)15-19)16-6-2-1-3-7-16)12-13-28-24(29)20-8-4-5-9-21(20)25(28)30/h1-11,14-15H,12-13H2. The van der Waals surface area contributed by atoms with Crippen LogP contribution < -0.4 is 0 Å². The third-order valence-corrected chi connectivity index (χ3v) is 5.39. The summed E-state index contributed by atoms with van der Waals surface area (Å²) in [4.78, 5) is 31.3. The second kappa shape index (κ2) is 7.19. The molecule has 4 aromatic rings. The van der Waals surface area contributed by atoms with Crippen LogP contribution >= 0.6 is 0 Å². The van der Waals surface area contributed by atoms with E-state index >= 15 is 0 Å². The Kier molecular flexibility index (Phi) is 4.36. The van der Waals surface area contributed by atoms with E-state index in [0.29, 0.717) is 23.1 Å². The number of hydrogen-bond donors (Lipinski definition) is 0. The van der Waals surface area contributed by atoms with E-state index in [1.807, 2.05) is 36.4 Å². The van der Waals surface area contributed by atoms with Crippen molar-refractivity contribution in [3.8, 4) is 11.3 Å². The maximum absolute atomic E-state index is 13.7. The molecule has 1 aliphatic rings. The summed E-state index contributed by atoms with van der Waals surface area (Å²) < 4.78 is 13.7. The van der Waals surface area contributed by atoms with Gasteiger partial charge in [0.25, 0.3) is 11.8 Å². The van der Waals surface area contributed by atoms with E-state index in [1.165, 1.54) is 17.0 Å². The lowest BCUT2D eigenvalue weighted by Gasteiger charge is -2.16. The average molecular weight is 396 g/mol. The minimum absolute atomic E-state index is 0.251. The van der Waals surface area contributed by atoms with Crippen LogP contribution in [0.5, 0.6) is 0 Å². The number of carbonyl (C=O) groups excluding carboxylic acids is 2. The fraction of sp³-hybridized carbons (Fsp3) is 0.0800. The molecule has 0 saturated heterocycles. The summed E-state index contributed by atoms with van der Waals surface area (Å²) in [5.41, 5.74) is 3.98. The molecule has 0 fully saturated rings. The van der Waals surface area contributed by atoms with E-state index in [1.54, 1.807) is 30.3 Å². The quantitative estimate of drug-likeness (QED) is 0.462. The van der Waals surface area contributed by atoms with Gasteiger partial charge in [0.1, 0.15) is 5.82 Å². The van der Waals surface area contributed by atoms with Crippen LogP contribution in [0.25, 0.3) is 22.2 Å². The topological polar surface area (TPSA) is 50.3 Å². The summed E-state index contributed by atoms with van der Waals surface area (Å²) in [5.74, 6) is -0.881. The lowest BCUT2D eigenvalue weighted by molar-refractivity contribution is 0.0656. The molecule has 4 nitrogen and oxygen atoms in total. The second-order valence-corrected chi connectivity index (χ2v) is 7.26. The third-order valence-electron chi connectivity index (χ3n) is 5.39. The molecule has 5 rings (SSSR count). The van der Waals surface area contributed by atoms with Gasteiger partial charge in [0.2, 0.25) is 0 Å². The summed E-state index contributed by atoms with van der Waals surface area (Å²) in [6, 6.07) is 23.0. The van der Waals surface area contributed by atoms with Crippen molar-refractivity contribution in [2.75, 3.05) is 6.54 Å². The molecule has 2 heterocycles. The largest absolute Gasteiger partial charge is 0.274 e. The van der Waals surface area contributed by atoms with Crippen molar-refractivity contribution >= 4 is 22.7 Å². The first-order valence-electron chi connectivity index (χ1n) is 9.71. The number of fused-ring (bicyclic) bond motifs is 2. The molecule has 0 aliphatic carbocycles. The summed E-state index contributed by atoms with van der Waals surface area (Å²) >= 11 is 0. The second-order valence-electron chi connectivity index (χ2n) is 7.26. The number of carbonyl (C=O) groups is 2. The zero-order valence-corrected chi connectivity index (χ0v) is 16.0. The molecular formula is C25H17FN2O2. The molecule has 1 aliphatic heterocycles. The van der Waals surface area contributed by atoms with E-state index in [-0.39, 0.29) is 24.2 Å². The van der Waals surface area contributed by atoms with E-state index in [9.17, 15) is 14.0 Å². The molecule has 0 spiro atoms. The normalized spacial score (nSPS) is 13.2. The van der Waals surface area contributed by atoms with Gasteiger partial charge in [0, 0.05) is 23.6 Å². The van der Waals surface area contributed by atoms with Gasteiger partial charge in [0.15, 0.2) is 0 Å². The number of pyridine rings is 1. The average Bonchev–Trinajstić information content (AvgIpc) is 3.02. The maximum atomic E-state index is 13.7. The Balaban J connectivity index is 1.52. The van der Waals surface area contributed by atoms with Crippen LogP contribution in [0.1, 0.15) is 26.3 Å². The Morgan fingerprint density at radius 1 is 0.800 bits per heavy atom. The number of imide groups is 1. The number of rotatable bonds is 4.